The fraction of sp³-hybridized carbons (Fsp3) is 0.182. The minimum atomic E-state index is -0.438. The number of anilines is 1. The predicted octanol–water partition coefficient (Wildman–Crippen LogP) is 6.72. The van der Waals surface area contributed by atoms with Gasteiger partial charge in [0.2, 0.25) is 0 Å². The lowest BCUT2D eigenvalue weighted by Crippen LogP contribution is -2.03. The monoisotopic (exact) mass is 419 g/mol. The zero-order valence-electron chi connectivity index (χ0n) is 15.3. The van der Waals surface area contributed by atoms with Crippen molar-refractivity contribution in [3.63, 3.8) is 0 Å². The quantitative estimate of drug-likeness (QED) is 0.439. The van der Waals surface area contributed by atoms with E-state index in [2.05, 4.69) is 5.32 Å². The number of rotatable bonds is 8. The molecule has 0 heterocycles. The molecular weight excluding hydrogens is 400 g/mol. The van der Waals surface area contributed by atoms with Crippen LogP contribution in [0.25, 0.3) is 0 Å². The van der Waals surface area contributed by atoms with Crippen molar-refractivity contribution in [1.29, 1.82) is 0 Å². The van der Waals surface area contributed by atoms with Crippen LogP contribution in [0.2, 0.25) is 10.0 Å². The molecule has 0 amide bonds. The van der Waals surface area contributed by atoms with E-state index < -0.39 is 5.82 Å². The Balaban J connectivity index is 1.68. The van der Waals surface area contributed by atoms with E-state index in [0.29, 0.717) is 36.3 Å². The lowest BCUT2D eigenvalue weighted by Gasteiger charge is -2.14. The Morgan fingerprint density at radius 1 is 0.893 bits per heavy atom. The largest absolute Gasteiger partial charge is 0.490 e. The van der Waals surface area contributed by atoms with Gasteiger partial charge in [-0.25, -0.2) is 4.39 Å². The second-order valence-corrected chi connectivity index (χ2v) is 6.96. The predicted molar refractivity (Wildman–Crippen MR) is 112 cm³/mol. The molecule has 0 unspecified atom stereocenters. The molecule has 0 atom stereocenters. The van der Waals surface area contributed by atoms with Crippen LogP contribution < -0.4 is 14.8 Å². The highest BCUT2D eigenvalue weighted by Gasteiger charge is 2.08. The molecule has 28 heavy (non-hydrogen) atoms. The maximum absolute atomic E-state index is 13.3. The molecule has 146 valence electrons. The third-order valence-corrected chi connectivity index (χ3v) is 4.53. The molecule has 0 bridgehead atoms. The maximum atomic E-state index is 13.3. The van der Waals surface area contributed by atoms with Crippen LogP contribution in [0.5, 0.6) is 11.5 Å². The average Bonchev–Trinajstić information content (AvgIpc) is 2.68. The van der Waals surface area contributed by atoms with Gasteiger partial charge in [0.15, 0.2) is 11.5 Å². The van der Waals surface area contributed by atoms with E-state index in [4.69, 9.17) is 32.7 Å². The second kappa shape index (κ2) is 9.67. The van der Waals surface area contributed by atoms with E-state index in [1.54, 1.807) is 12.1 Å². The Morgan fingerprint density at radius 2 is 1.75 bits per heavy atom. The molecule has 3 rings (SSSR count). The molecule has 0 saturated heterocycles. The molecule has 6 heteroatoms. The van der Waals surface area contributed by atoms with Gasteiger partial charge in [0.05, 0.1) is 11.6 Å². The van der Waals surface area contributed by atoms with Gasteiger partial charge in [-0.2, -0.15) is 0 Å². The second-order valence-electron chi connectivity index (χ2n) is 6.12. The average molecular weight is 420 g/mol. The fourth-order valence-corrected chi connectivity index (χ4v) is 3.04. The molecule has 3 aromatic carbocycles. The molecule has 0 radical (unpaired) electrons. The lowest BCUT2D eigenvalue weighted by atomic mass is 10.2. The lowest BCUT2D eigenvalue weighted by molar-refractivity contribution is 0.269. The summed E-state index contributed by atoms with van der Waals surface area (Å²) in [5.74, 6) is 0.892. The van der Waals surface area contributed by atoms with Gasteiger partial charge < -0.3 is 14.8 Å². The first-order valence-electron chi connectivity index (χ1n) is 8.87. The van der Waals surface area contributed by atoms with Crippen molar-refractivity contribution in [2.24, 2.45) is 0 Å². The third kappa shape index (κ3) is 5.54. The van der Waals surface area contributed by atoms with Crippen LogP contribution in [0.3, 0.4) is 0 Å². The van der Waals surface area contributed by atoms with Gasteiger partial charge in [0.25, 0.3) is 0 Å². The van der Waals surface area contributed by atoms with E-state index in [9.17, 15) is 4.39 Å². The summed E-state index contributed by atoms with van der Waals surface area (Å²) < 4.78 is 24.9. The molecule has 0 fully saturated rings. The summed E-state index contributed by atoms with van der Waals surface area (Å²) in [5, 5.41) is 3.98. The summed E-state index contributed by atoms with van der Waals surface area (Å²) in [7, 11) is 0. The summed E-state index contributed by atoms with van der Waals surface area (Å²) in [6.07, 6.45) is 0. The van der Waals surface area contributed by atoms with Gasteiger partial charge in [-0.15, -0.1) is 0 Å². The molecule has 0 aliphatic carbocycles. The highest BCUT2D eigenvalue weighted by Crippen LogP contribution is 2.30. The van der Waals surface area contributed by atoms with Gasteiger partial charge in [0, 0.05) is 17.3 Å². The third-order valence-electron chi connectivity index (χ3n) is 4.01. The van der Waals surface area contributed by atoms with Crippen LogP contribution in [-0.2, 0) is 13.2 Å². The molecule has 0 aliphatic rings. The van der Waals surface area contributed by atoms with Crippen LogP contribution in [-0.4, -0.2) is 6.61 Å². The Kier molecular flexibility index (Phi) is 7.01. The number of benzene rings is 3. The Morgan fingerprint density at radius 3 is 2.50 bits per heavy atom. The SMILES string of the molecule is CCOc1cc(CNc2ccc(F)c(Cl)c2)ccc1OCc1cccc(Cl)c1. The van der Waals surface area contributed by atoms with Crippen LogP contribution in [0.15, 0.2) is 60.7 Å². The van der Waals surface area contributed by atoms with Crippen molar-refractivity contribution in [3.05, 3.63) is 87.7 Å². The minimum Gasteiger partial charge on any atom is -0.490 e. The maximum Gasteiger partial charge on any atom is 0.161 e. The fourth-order valence-electron chi connectivity index (χ4n) is 2.65. The summed E-state index contributed by atoms with van der Waals surface area (Å²) in [5.41, 5.74) is 2.72. The van der Waals surface area contributed by atoms with Crippen molar-refractivity contribution in [1.82, 2.24) is 0 Å². The Bertz CT molecular complexity index is 950. The normalized spacial score (nSPS) is 10.6. The molecule has 3 nitrogen and oxygen atoms in total. The summed E-state index contributed by atoms with van der Waals surface area (Å²) in [4.78, 5) is 0. The summed E-state index contributed by atoms with van der Waals surface area (Å²) in [6.45, 7) is 3.38. The molecule has 3 aromatic rings. The number of hydrogen-bond donors (Lipinski definition) is 1. The van der Waals surface area contributed by atoms with Gasteiger partial charge in [0.1, 0.15) is 12.4 Å². The van der Waals surface area contributed by atoms with Crippen molar-refractivity contribution < 1.29 is 13.9 Å². The van der Waals surface area contributed by atoms with Crippen molar-refractivity contribution in [2.45, 2.75) is 20.1 Å². The highest BCUT2D eigenvalue weighted by atomic mass is 35.5. The summed E-state index contributed by atoms with van der Waals surface area (Å²) in [6, 6.07) is 17.8. The number of hydrogen-bond acceptors (Lipinski definition) is 3. The Hall–Kier alpha value is -2.43. The number of halogens is 3. The first-order chi connectivity index (χ1) is 13.5. The van der Waals surface area contributed by atoms with Gasteiger partial charge in [-0.3, -0.25) is 0 Å². The minimum absolute atomic E-state index is 0.0877. The van der Waals surface area contributed by atoms with Crippen molar-refractivity contribution >= 4 is 28.9 Å². The van der Waals surface area contributed by atoms with E-state index in [0.717, 1.165) is 16.8 Å². The van der Waals surface area contributed by atoms with Gasteiger partial charge >= 0.3 is 0 Å². The van der Waals surface area contributed by atoms with E-state index >= 15 is 0 Å². The van der Waals surface area contributed by atoms with Crippen LogP contribution >= 0.6 is 23.2 Å². The molecule has 0 aromatic heterocycles. The first kappa shape index (κ1) is 20.3. The Labute approximate surface area is 174 Å². The van der Waals surface area contributed by atoms with Crippen molar-refractivity contribution in [2.75, 3.05) is 11.9 Å². The first-order valence-corrected chi connectivity index (χ1v) is 9.62. The van der Waals surface area contributed by atoms with Crippen LogP contribution in [0.1, 0.15) is 18.1 Å². The van der Waals surface area contributed by atoms with E-state index in [1.807, 2.05) is 49.4 Å². The van der Waals surface area contributed by atoms with Gasteiger partial charge in [-0.05, 0) is 60.5 Å². The summed E-state index contributed by atoms with van der Waals surface area (Å²) >= 11 is 11.8. The van der Waals surface area contributed by atoms with Crippen LogP contribution in [0.4, 0.5) is 10.1 Å². The van der Waals surface area contributed by atoms with Crippen molar-refractivity contribution in [3.8, 4) is 11.5 Å². The smallest absolute Gasteiger partial charge is 0.161 e. The molecular formula is C22H20Cl2FNO2. The molecule has 0 spiro atoms. The number of nitrogens with one attached hydrogen (secondary N) is 1. The highest BCUT2D eigenvalue weighted by molar-refractivity contribution is 6.31. The van der Waals surface area contributed by atoms with Crippen LogP contribution in [0, 0.1) is 5.82 Å². The van der Waals surface area contributed by atoms with E-state index in [1.165, 1.54) is 6.07 Å². The molecule has 0 saturated carbocycles. The molecule has 1 N–H and O–H groups in total. The zero-order chi connectivity index (χ0) is 19.9. The standard InChI is InChI=1S/C22H20Cl2FNO2/c1-2-27-22-11-15(13-26-18-7-8-20(25)19(24)12-18)6-9-21(22)28-14-16-4-3-5-17(23)10-16/h3-12,26H,2,13-14H2,1H3. The van der Waals surface area contributed by atoms with E-state index in [-0.39, 0.29) is 5.02 Å². The number of ether oxygens (including phenoxy) is 2. The zero-order valence-corrected chi connectivity index (χ0v) is 16.9. The van der Waals surface area contributed by atoms with Gasteiger partial charge in [-0.1, -0.05) is 41.4 Å². The topological polar surface area (TPSA) is 30.5 Å². The molecule has 0 aliphatic heterocycles.